The van der Waals surface area contributed by atoms with Gasteiger partial charge in [-0.15, -0.1) is 0 Å². The molecule has 0 amide bonds. The molecule has 0 aliphatic rings. The van der Waals surface area contributed by atoms with Crippen LogP contribution in [0.15, 0.2) is 42.5 Å². The van der Waals surface area contributed by atoms with E-state index in [1.807, 2.05) is 18.2 Å². The average molecular weight is 325 g/mol. The van der Waals surface area contributed by atoms with Crippen LogP contribution in [-0.4, -0.2) is 11.5 Å². The second-order valence-corrected chi connectivity index (χ2v) is 5.37. The molecule has 2 aromatic carbocycles. The summed E-state index contributed by atoms with van der Waals surface area (Å²) in [5.41, 5.74) is 1.69. The first-order valence-corrected chi connectivity index (χ1v) is 7.25. The minimum Gasteiger partial charge on any atom is -0.383 e. The van der Waals surface area contributed by atoms with Crippen LogP contribution in [0.5, 0.6) is 0 Å². The number of nitro benzene ring substituents is 1. The third-order valence-electron chi connectivity index (χ3n) is 3.02. The van der Waals surface area contributed by atoms with E-state index in [2.05, 4.69) is 17.4 Å². The molecule has 0 bridgehead atoms. The summed E-state index contributed by atoms with van der Waals surface area (Å²) in [5, 5.41) is 14.3. The van der Waals surface area contributed by atoms with Crippen molar-refractivity contribution in [1.82, 2.24) is 0 Å². The smallest absolute Gasteiger partial charge is 0.272 e. The molecule has 0 radical (unpaired) electrons. The van der Waals surface area contributed by atoms with Gasteiger partial charge in [0.15, 0.2) is 0 Å². The van der Waals surface area contributed by atoms with Gasteiger partial charge < -0.3 is 5.32 Å². The number of halogens is 2. The van der Waals surface area contributed by atoms with Gasteiger partial charge in [-0.1, -0.05) is 53.5 Å². The number of aryl methyl sites for hydroxylation is 1. The Balaban J connectivity index is 1.93. The number of hydrogen-bond donors (Lipinski definition) is 1. The molecule has 21 heavy (non-hydrogen) atoms. The Labute approximate surface area is 132 Å². The van der Waals surface area contributed by atoms with Crippen molar-refractivity contribution >= 4 is 34.6 Å². The molecule has 0 spiro atoms. The summed E-state index contributed by atoms with van der Waals surface area (Å²) in [6.07, 6.45) is 1.85. The van der Waals surface area contributed by atoms with Crippen molar-refractivity contribution in [1.29, 1.82) is 0 Å². The van der Waals surface area contributed by atoms with Gasteiger partial charge in [0.1, 0.15) is 0 Å². The predicted octanol–water partition coefficient (Wildman–Crippen LogP) is 4.95. The fraction of sp³-hybridized carbons (Fsp3) is 0.200. The lowest BCUT2D eigenvalue weighted by molar-refractivity contribution is -0.384. The Morgan fingerprint density at radius 1 is 1.10 bits per heavy atom. The van der Waals surface area contributed by atoms with Crippen LogP contribution in [0.2, 0.25) is 10.0 Å². The van der Waals surface area contributed by atoms with E-state index in [-0.39, 0.29) is 15.7 Å². The van der Waals surface area contributed by atoms with Crippen LogP contribution >= 0.6 is 23.2 Å². The highest BCUT2D eigenvalue weighted by atomic mass is 35.5. The number of rotatable bonds is 6. The van der Waals surface area contributed by atoms with Crippen molar-refractivity contribution in [3.05, 3.63) is 68.2 Å². The quantitative estimate of drug-likeness (QED) is 0.465. The lowest BCUT2D eigenvalue weighted by Gasteiger charge is -2.10. The van der Waals surface area contributed by atoms with Crippen molar-refractivity contribution in [3.8, 4) is 0 Å². The number of nitrogens with one attached hydrogen (secondary N) is 1. The van der Waals surface area contributed by atoms with Gasteiger partial charge in [-0.05, 0) is 18.4 Å². The summed E-state index contributed by atoms with van der Waals surface area (Å²) < 4.78 is 0. The average Bonchev–Trinajstić information content (AvgIpc) is 2.46. The molecule has 2 rings (SSSR count). The van der Waals surface area contributed by atoms with Crippen LogP contribution in [0, 0.1) is 10.1 Å². The van der Waals surface area contributed by atoms with Gasteiger partial charge in [-0.2, -0.15) is 0 Å². The largest absolute Gasteiger partial charge is 0.383 e. The second-order valence-electron chi connectivity index (χ2n) is 4.56. The summed E-state index contributed by atoms with van der Waals surface area (Å²) >= 11 is 12.0. The molecule has 0 atom stereocenters. The van der Waals surface area contributed by atoms with Gasteiger partial charge in [0.25, 0.3) is 5.69 Å². The zero-order valence-corrected chi connectivity index (χ0v) is 12.7. The summed E-state index contributed by atoms with van der Waals surface area (Å²) in [6.45, 7) is 0.687. The van der Waals surface area contributed by atoms with Crippen LogP contribution in [0.1, 0.15) is 12.0 Å². The van der Waals surface area contributed by atoms with Crippen LogP contribution in [0.3, 0.4) is 0 Å². The Kier molecular flexibility index (Phi) is 5.42. The molecule has 1 N–H and O–H groups in total. The number of nitro groups is 1. The van der Waals surface area contributed by atoms with Gasteiger partial charge >= 0.3 is 0 Å². The molecular formula is C15H14Cl2N2O2. The highest BCUT2D eigenvalue weighted by Gasteiger charge is 2.14. The lowest BCUT2D eigenvalue weighted by atomic mass is 10.1. The number of nitrogens with zero attached hydrogens (tertiary/aromatic N) is 1. The van der Waals surface area contributed by atoms with Crippen LogP contribution in [-0.2, 0) is 6.42 Å². The predicted molar refractivity (Wildman–Crippen MR) is 86.4 cm³/mol. The SMILES string of the molecule is O=[N+]([O-])c1cc(Cl)c(NCCCc2ccccc2)c(Cl)c1. The molecule has 0 unspecified atom stereocenters. The minimum atomic E-state index is -0.517. The van der Waals surface area contributed by atoms with E-state index >= 15 is 0 Å². The van der Waals surface area contributed by atoms with Crippen LogP contribution in [0.4, 0.5) is 11.4 Å². The third-order valence-corrected chi connectivity index (χ3v) is 3.62. The fourth-order valence-electron chi connectivity index (χ4n) is 1.98. The molecule has 110 valence electrons. The Morgan fingerprint density at radius 2 is 1.71 bits per heavy atom. The first-order chi connectivity index (χ1) is 10.1. The highest BCUT2D eigenvalue weighted by Crippen LogP contribution is 2.34. The van der Waals surface area contributed by atoms with E-state index in [1.54, 1.807) is 0 Å². The summed E-state index contributed by atoms with van der Waals surface area (Å²) in [5.74, 6) is 0. The van der Waals surface area contributed by atoms with E-state index in [9.17, 15) is 10.1 Å². The standard InChI is InChI=1S/C15H14Cl2N2O2/c16-13-9-12(19(20)21)10-14(17)15(13)18-8-4-7-11-5-2-1-3-6-11/h1-3,5-6,9-10,18H,4,7-8H2. The molecular weight excluding hydrogens is 311 g/mol. The molecule has 0 aliphatic carbocycles. The Bertz CT molecular complexity index is 610. The normalized spacial score (nSPS) is 10.4. The summed E-state index contributed by atoms with van der Waals surface area (Å²) in [6, 6.07) is 12.7. The van der Waals surface area contributed by atoms with E-state index < -0.39 is 4.92 Å². The Morgan fingerprint density at radius 3 is 2.29 bits per heavy atom. The van der Waals surface area contributed by atoms with Gasteiger partial charge in [0.2, 0.25) is 0 Å². The molecule has 0 aliphatic heterocycles. The van der Waals surface area contributed by atoms with Gasteiger partial charge in [-0.3, -0.25) is 10.1 Å². The van der Waals surface area contributed by atoms with E-state index in [4.69, 9.17) is 23.2 Å². The summed E-state index contributed by atoms with van der Waals surface area (Å²) in [4.78, 5) is 10.2. The van der Waals surface area contributed by atoms with E-state index in [0.29, 0.717) is 12.2 Å². The first kappa shape index (κ1) is 15.6. The number of non-ortho nitro benzene ring substituents is 1. The lowest BCUT2D eigenvalue weighted by Crippen LogP contribution is -2.04. The number of hydrogen-bond acceptors (Lipinski definition) is 3. The van der Waals surface area contributed by atoms with Crippen molar-refractivity contribution < 1.29 is 4.92 Å². The zero-order chi connectivity index (χ0) is 15.2. The molecule has 0 heterocycles. The Hall–Kier alpha value is -1.78. The topological polar surface area (TPSA) is 55.2 Å². The molecule has 4 nitrogen and oxygen atoms in total. The molecule has 0 saturated carbocycles. The monoisotopic (exact) mass is 324 g/mol. The number of anilines is 1. The van der Waals surface area contributed by atoms with E-state index in [1.165, 1.54) is 17.7 Å². The third kappa shape index (κ3) is 4.34. The van der Waals surface area contributed by atoms with Crippen molar-refractivity contribution in [3.63, 3.8) is 0 Å². The molecule has 2 aromatic rings. The van der Waals surface area contributed by atoms with Gasteiger partial charge in [0, 0.05) is 18.7 Å². The molecule has 0 saturated heterocycles. The maximum Gasteiger partial charge on any atom is 0.272 e. The van der Waals surface area contributed by atoms with E-state index in [0.717, 1.165) is 12.8 Å². The van der Waals surface area contributed by atoms with Gasteiger partial charge in [-0.25, -0.2) is 0 Å². The van der Waals surface area contributed by atoms with Crippen molar-refractivity contribution in [2.24, 2.45) is 0 Å². The maximum absolute atomic E-state index is 10.7. The second kappa shape index (κ2) is 7.29. The van der Waals surface area contributed by atoms with Crippen LogP contribution in [0.25, 0.3) is 0 Å². The first-order valence-electron chi connectivity index (χ1n) is 6.49. The fourth-order valence-corrected chi connectivity index (χ4v) is 2.59. The van der Waals surface area contributed by atoms with Crippen molar-refractivity contribution in [2.45, 2.75) is 12.8 Å². The minimum absolute atomic E-state index is 0.111. The molecule has 0 fully saturated rings. The summed E-state index contributed by atoms with van der Waals surface area (Å²) in [7, 11) is 0. The van der Waals surface area contributed by atoms with Crippen molar-refractivity contribution in [2.75, 3.05) is 11.9 Å². The number of benzene rings is 2. The van der Waals surface area contributed by atoms with Crippen LogP contribution < -0.4 is 5.32 Å². The maximum atomic E-state index is 10.7. The van der Waals surface area contributed by atoms with Gasteiger partial charge in [0.05, 0.1) is 20.7 Å². The molecule has 6 heteroatoms. The molecule has 0 aromatic heterocycles. The highest BCUT2D eigenvalue weighted by molar-refractivity contribution is 6.39. The zero-order valence-electron chi connectivity index (χ0n) is 11.2.